The number of aliphatic carboxylic acids is 1. The number of hydrogen-bond donors (Lipinski definition) is 1. The summed E-state index contributed by atoms with van der Waals surface area (Å²) in [5.41, 5.74) is 0. The average molecular weight is 240 g/mol. The van der Waals surface area contributed by atoms with E-state index in [4.69, 9.17) is 5.11 Å². The maximum atomic E-state index is 10.5. The first-order valence-corrected chi connectivity index (χ1v) is 7.03. The Hall–Kier alpha value is -0.790. The first kappa shape index (κ1) is 16.2. The molecular formula is C15H28O2. The van der Waals surface area contributed by atoms with E-state index in [0.717, 1.165) is 12.8 Å². The van der Waals surface area contributed by atoms with Crippen molar-refractivity contribution in [3.63, 3.8) is 0 Å². The van der Waals surface area contributed by atoms with Crippen molar-refractivity contribution in [3.05, 3.63) is 12.2 Å². The third-order valence-corrected chi connectivity index (χ3v) is 2.99. The molecule has 0 radical (unpaired) electrons. The van der Waals surface area contributed by atoms with Gasteiger partial charge in [-0.3, -0.25) is 4.79 Å². The number of allylic oxidation sites excluding steroid dienone is 2. The predicted octanol–water partition coefficient (Wildman–Crippen LogP) is 4.79. The van der Waals surface area contributed by atoms with Crippen LogP contribution in [0.15, 0.2) is 12.2 Å². The third-order valence-electron chi connectivity index (χ3n) is 2.99. The smallest absolute Gasteiger partial charge is 0.303 e. The van der Waals surface area contributed by atoms with E-state index < -0.39 is 5.97 Å². The normalized spacial score (nSPS) is 13.1. The standard InChI is InChI=1S/C15H28O2/c1-3-4-5-6-7-8-9-10-11-12-14(2)13-15(16)17/h4-5,14H,3,6-13H2,1-2H3,(H,16,17)/t14-/m1/s1. The van der Waals surface area contributed by atoms with E-state index in [1.165, 1.54) is 38.5 Å². The molecule has 2 nitrogen and oxygen atoms in total. The summed E-state index contributed by atoms with van der Waals surface area (Å²) >= 11 is 0. The van der Waals surface area contributed by atoms with Crippen molar-refractivity contribution in [2.75, 3.05) is 0 Å². The van der Waals surface area contributed by atoms with Crippen LogP contribution in [-0.4, -0.2) is 11.1 Å². The lowest BCUT2D eigenvalue weighted by Crippen LogP contribution is -2.03. The lowest BCUT2D eigenvalue weighted by molar-refractivity contribution is -0.138. The van der Waals surface area contributed by atoms with Crippen LogP contribution in [0.4, 0.5) is 0 Å². The number of carboxylic acid groups (broad SMARTS) is 1. The van der Waals surface area contributed by atoms with Gasteiger partial charge in [0.25, 0.3) is 0 Å². The second-order valence-electron chi connectivity index (χ2n) is 4.93. The Bertz CT molecular complexity index is 209. The third kappa shape index (κ3) is 13.1. The van der Waals surface area contributed by atoms with Crippen molar-refractivity contribution in [1.29, 1.82) is 0 Å². The molecule has 0 saturated carbocycles. The highest BCUT2D eigenvalue weighted by Gasteiger charge is 2.06. The van der Waals surface area contributed by atoms with Crippen molar-refractivity contribution in [2.24, 2.45) is 5.92 Å². The molecule has 0 aromatic rings. The molecule has 0 spiro atoms. The van der Waals surface area contributed by atoms with E-state index in [1.54, 1.807) is 0 Å². The Labute approximate surface area is 106 Å². The topological polar surface area (TPSA) is 37.3 Å². The highest BCUT2D eigenvalue weighted by Crippen LogP contribution is 2.14. The summed E-state index contributed by atoms with van der Waals surface area (Å²) in [5, 5.41) is 8.62. The molecule has 0 fully saturated rings. The van der Waals surface area contributed by atoms with Gasteiger partial charge in [0.15, 0.2) is 0 Å². The first-order chi connectivity index (χ1) is 8.16. The van der Waals surface area contributed by atoms with Crippen LogP contribution in [0.3, 0.4) is 0 Å². The predicted molar refractivity (Wildman–Crippen MR) is 73.2 cm³/mol. The largest absolute Gasteiger partial charge is 0.481 e. The minimum Gasteiger partial charge on any atom is -0.481 e. The molecule has 0 aliphatic carbocycles. The molecule has 0 amide bonds. The zero-order chi connectivity index (χ0) is 12.9. The van der Waals surface area contributed by atoms with Crippen LogP contribution >= 0.6 is 0 Å². The van der Waals surface area contributed by atoms with Crippen LogP contribution in [-0.2, 0) is 4.79 Å². The monoisotopic (exact) mass is 240 g/mol. The van der Waals surface area contributed by atoms with Crippen LogP contribution in [0.2, 0.25) is 0 Å². The van der Waals surface area contributed by atoms with Gasteiger partial charge < -0.3 is 5.11 Å². The Morgan fingerprint density at radius 2 is 1.76 bits per heavy atom. The molecule has 100 valence electrons. The van der Waals surface area contributed by atoms with E-state index in [-0.39, 0.29) is 0 Å². The van der Waals surface area contributed by atoms with Gasteiger partial charge in [0.2, 0.25) is 0 Å². The molecule has 0 saturated heterocycles. The molecule has 2 heteroatoms. The summed E-state index contributed by atoms with van der Waals surface area (Å²) in [5.74, 6) is -0.333. The summed E-state index contributed by atoms with van der Waals surface area (Å²) in [4.78, 5) is 10.5. The SMILES string of the molecule is CCC=CCCCCCCC[C@@H](C)CC(=O)O. The maximum Gasteiger partial charge on any atom is 0.303 e. The van der Waals surface area contributed by atoms with Crippen molar-refractivity contribution < 1.29 is 9.90 Å². The number of hydrogen-bond acceptors (Lipinski definition) is 1. The van der Waals surface area contributed by atoms with Gasteiger partial charge in [0, 0.05) is 6.42 Å². The number of unbranched alkanes of at least 4 members (excludes halogenated alkanes) is 5. The highest BCUT2D eigenvalue weighted by molar-refractivity contribution is 5.66. The molecule has 1 N–H and O–H groups in total. The minimum atomic E-state index is -0.666. The molecule has 1 atom stereocenters. The second kappa shape index (κ2) is 11.7. The fourth-order valence-electron chi connectivity index (χ4n) is 1.97. The fraction of sp³-hybridized carbons (Fsp3) is 0.800. The average Bonchev–Trinajstić information content (AvgIpc) is 2.26. The van der Waals surface area contributed by atoms with E-state index in [2.05, 4.69) is 19.1 Å². The lowest BCUT2D eigenvalue weighted by atomic mass is 9.99. The van der Waals surface area contributed by atoms with Gasteiger partial charge in [0.05, 0.1) is 0 Å². The maximum absolute atomic E-state index is 10.5. The van der Waals surface area contributed by atoms with Gasteiger partial charge in [-0.05, 0) is 25.2 Å². The van der Waals surface area contributed by atoms with Crippen molar-refractivity contribution >= 4 is 5.97 Å². The summed E-state index contributed by atoms with van der Waals surface area (Å²) in [6.07, 6.45) is 14.6. The van der Waals surface area contributed by atoms with Crippen molar-refractivity contribution in [1.82, 2.24) is 0 Å². The van der Waals surface area contributed by atoms with Crippen LogP contribution in [0, 0.1) is 5.92 Å². The number of carboxylic acids is 1. The molecule has 0 heterocycles. The lowest BCUT2D eigenvalue weighted by Gasteiger charge is -2.07. The number of carbonyl (C=O) groups is 1. The Morgan fingerprint density at radius 3 is 2.41 bits per heavy atom. The van der Waals surface area contributed by atoms with Gasteiger partial charge in [-0.1, -0.05) is 58.1 Å². The van der Waals surface area contributed by atoms with Crippen molar-refractivity contribution in [3.8, 4) is 0 Å². The van der Waals surface area contributed by atoms with Crippen LogP contribution in [0.5, 0.6) is 0 Å². The van der Waals surface area contributed by atoms with Crippen LogP contribution in [0.1, 0.15) is 71.6 Å². The molecule has 0 aliphatic heterocycles. The Kier molecular flexibility index (Phi) is 11.1. The number of rotatable bonds is 11. The summed E-state index contributed by atoms with van der Waals surface area (Å²) in [6.45, 7) is 4.19. The minimum absolute atomic E-state index is 0.321. The van der Waals surface area contributed by atoms with Gasteiger partial charge in [-0.15, -0.1) is 0 Å². The zero-order valence-corrected chi connectivity index (χ0v) is 11.5. The molecule has 0 bridgehead atoms. The fourth-order valence-corrected chi connectivity index (χ4v) is 1.97. The quantitative estimate of drug-likeness (QED) is 0.416. The highest BCUT2D eigenvalue weighted by atomic mass is 16.4. The van der Waals surface area contributed by atoms with E-state index in [9.17, 15) is 4.79 Å². The second-order valence-corrected chi connectivity index (χ2v) is 4.93. The van der Waals surface area contributed by atoms with Crippen LogP contribution in [0.25, 0.3) is 0 Å². The zero-order valence-electron chi connectivity index (χ0n) is 11.5. The Balaban J connectivity index is 3.18. The van der Waals surface area contributed by atoms with Gasteiger partial charge >= 0.3 is 5.97 Å². The molecular weight excluding hydrogens is 212 g/mol. The summed E-state index contributed by atoms with van der Waals surface area (Å²) in [7, 11) is 0. The molecule has 17 heavy (non-hydrogen) atoms. The van der Waals surface area contributed by atoms with Gasteiger partial charge in [-0.2, -0.15) is 0 Å². The molecule has 0 aromatic carbocycles. The molecule has 0 aromatic heterocycles. The van der Waals surface area contributed by atoms with E-state index >= 15 is 0 Å². The molecule has 0 rings (SSSR count). The first-order valence-electron chi connectivity index (χ1n) is 7.03. The molecule has 0 aliphatic rings. The summed E-state index contributed by atoms with van der Waals surface area (Å²) in [6, 6.07) is 0. The Morgan fingerprint density at radius 1 is 1.12 bits per heavy atom. The molecule has 0 unspecified atom stereocenters. The van der Waals surface area contributed by atoms with E-state index in [0.29, 0.717) is 12.3 Å². The summed E-state index contributed by atoms with van der Waals surface area (Å²) < 4.78 is 0. The van der Waals surface area contributed by atoms with Crippen molar-refractivity contribution in [2.45, 2.75) is 71.6 Å². The van der Waals surface area contributed by atoms with Crippen LogP contribution < -0.4 is 0 Å². The van der Waals surface area contributed by atoms with E-state index in [1.807, 2.05) is 6.92 Å². The van der Waals surface area contributed by atoms with Gasteiger partial charge in [0.1, 0.15) is 0 Å². The van der Waals surface area contributed by atoms with Gasteiger partial charge in [-0.25, -0.2) is 0 Å².